The zero-order chi connectivity index (χ0) is 27.4. The number of carbonyl (C=O) groups excluding carboxylic acids is 4. The average Bonchev–Trinajstić information content (AvgIpc) is 2.81. The highest BCUT2D eigenvalue weighted by molar-refractivity contribution is 5.95. The molecule has 4 atom stereocenters. The fourth-order valence-electron chi connectivity index (χ4n) is 3.30. The van der Waals surface area contributed by atoms with E-state index in [1.165, 1.54) is 6.92 Å². The van der Waals surface area contributed by atoms with Crippen LogP contribution in [0, 0.1) is 11.8 Å². The van der Waals surface area contributed by atoms with E-state index in [4.69, 9.17) is 10.8 Å². The minimum Gasteiger partial charge on any atom is -0.480 e. The number of amides is 4. The molecule has 4 amide bonds. The number of rotatable bonds is 14. The van der Waals surface area contributed by atoms with Gasteiger partial charge in [0.15, 0.2) is 0 Å². The molecule has 0 spiro atoms. The lowest BCUT2D eigenvalue weighted by Crippen LogP contribution is -2.58. The molecule has 1 aromatic carbocycles. The second-order valence-electron chi connectivity index (χ2n) is 9.55. The molecule has 0 fully saturated rings. The monoisotopic (exact) mass is 505 g/mol. The van der Waals surface area contributed by atoms with Gasteiger partial charge < -0.3 is 32.1 Å². The Balaban J connectivity index is 3.02. The van der Waals surface area contributed by atoms with Crippen molar-refractivity contribution in [2.24, 2.45) is 17.6 Å². The van der Waals surface area contributed by atoms with Crippen LogP contribution in [0.4, 0.5) is 0 Å². The van der Waals surface area contributed by atoms with E-state index in [9.17, 15) is 24.0 Å². The van der Waals surface area contributed by atoms with Crippen LogP contribution in [0.3, 0.4) is 0 Å². The lowest BCUT2D eigenvalue weighted by atomic mass is 9.99. The Bertz CT molecular complexity index is 905. The van der Waals surface area contributed by atoms with E-state index in [1.807, 2.05) is 44.2 Å². The number of benzene rings is 1. The molecular formula is C25H39N5O6. The maximum atomic E-state index is 13.3. The number of hydrogen-bond donors (Lipinski definition) is 6. The van der Waals surface area contributed by atoms with Crippen LogP contribution in [0.2, 0.25) is 0 Å². The normalized spacial score (nSPS) is 14.3. The maximum absolute atomic E-state index is 13.3. The average molecular weight is 506 g/mol. The minimum atomic E-state index is -1.21. The first-order valence-electron chi connectivity index (χ1n) is 12.0. The summed E-state index contributed by atoms with van der Waals surface area (Å²) < 4.78 is 0. The van der Waals surface area contributed by atoms with E-state index >= 15 is 0 Å². The van der Waals surface area contributed by atoms with Crippen LogP contribution in [0.1, 0.15) is 46.6 Å². The van der Waals surface area contributed by atoms with Crippen molar-refractivity contribution >= 4 is 29.6 Å². The first-order chi connectivity index (χ1) is 16.8. The molecule has 11 nitrogen and oxygen atoms in total. The van der Waals surface area contributed by atoms with Gasteiger partial charge in [-0.15, -0.1) is 0 Å². The molecule has 0 aromatic heterocycles. The van der Waals surface area contributed by atoms with E-state index < -0.39 is 60.3 Å². The van der Waals surface area contributed by atoms with Crippen LogP contribution < -0.4 is 27.0 Å². The molecule has 0 saturated carbocycles. The van der Waals surface area contributed by atoms with Crippen molar-refractivity contribution in [1.82, 2.24) is 21.3 Å². The lowest BCUT2D eigenvalue weighted by Gasteiger charge is -2.26. The first-order valence-corrected chi connectivity index (χ1v) is 12.0. The van der Waals surface area contributed by atoms with Crippen LogP contribution in [-0.4, -0.2) is 65.4 Å². The molecule has 200 valence electrons. The third-order valence-corrected chi connectivity index (χ3v) is 5.44. The summed E-state index contributed by atoms with van der Waals surface area (Å²) in [6.45, 7) is 8.18. The summed E-state index contributed by atoms with van der Waals surface area (Å²) in [5.41, 5.74) is 6.77. The predicted molar refractivity (Wildman–Crippen MR) is 135 cm³/mol. The van der Waals surface area contributed by atoms with Crippen molar-refractivity contribution in [3.63, 3.8) is 0 Å². The van der Waals surface area contributed by atoms with Gasteiger partial charge in [-0.05, 0) is 30.7 Å². The van der Waals surface area contributed by atoms with Gasteiger partial charge in [0.05, 0.1) is 6.04 Å². The number of nitrogens with one attached hydrogen (secondary N) is 4. The molecule has 0 heterocycles. The highest BCUT2D eigenvalue weighted by Crippen LogP contribution is 2.09. The Morgan fingerprint density at radius 2 is 1.36 bits per heavy atom. The van der Waals surface area contributed by atoms with Crippen LogP contribution in [0.5, 0.6) is 0 Å². The van der Waals surface area contributed by atoms with Crippen molar-refractivity contribution in [1.29, 1.82) is 0 Å². The summed E-state index contributed by atoms with van der Waals surface area (Å²) in [5.74, 6) is -3.64. The lowest BCUT2D eigenvalue weighted by molar-refractivity contribution is -0.138. The second-order valence-corrected chi connectivity index (χ2v) is 9.55. The number of aliphatic carboxylic acids is 1. The Hall–Kier alpha value is -3.47. The van der Waals surface area contributed by atoms with Crippen molar-refractivity contribution in [3.8, 4) is 0 Å². The number of carboxylic acid groups (broad SMARTS) is 1. The van der Waals surface area contributed by atoms with Gasteiger partial charge in [0.2, 0.25) is 23.6 Å². The molecule has 0 radical (unpaired) electrons. The molecule has 0 aliphatic heterocycles. The Labute approximate surface area is 212 Å². The van der Waals surface area contributed by atoms with Gasteiger partial charge in [0, 0.05) is 6.42 Å². The highest BCUT2D eigenvalue weighted by atomic mass is 16.4. The van der Waals surface area contributed by atoms with E-state index in [2.05, 4.69) is 21.3 Å². The van der Waals surface area contributed by atoms with E-state index in [1.54, 1.807) is 13.8 Å². The third-order valence-electron chi connectivity index (χ3n) is 5.44. The summed E-state index contributed by atoms with van der Waals surface area (Å²) in [4.78, 5) is 61.6. The summed E-state index contributed by atoms with van der Waals surface area (Å²) in [5, 5.41) is 18.8. The zero-order valence-corrected chi connectivity index (χ0v) is 21.5. The van der Waals surface area contributed by atoms with E-state index in [-0.39, 0.29) is 24.7 Å². The largest absolute Gasteiger partial charge is 0.480 e. The molecule has 0 saturated heterocycles. The van der Waals surface area contributed by atoms with Crippen molar-refractivity contribution in [2.75, 3.05) is 6.54 Å². The molecule has 11 heteroatoms. The smallest absolute Gasteiger partial charge is 0.322 e. The van der Waals surface area contributed by atoms with Crippen LogP contribution in [0.25, 0.3) is 0 Å². The number of hydrogen-bond acceptors (Lipinski definition) is 6. The molecule has 0 bridgehead atoms. The second kappa shape index (κ2) is 14.8. The van der Waals surface area contributed by atoms with Gasteiger partial charge in [0.1, 0.15) is 24.7 Å². The fraction of sp³-hybridized carbons (Fsp3) is 0.560. The topological polar surface area (TPSA) is 180 Å². The van der Waals surface area contributed by atoms with E-state index in [0.29, 0.717) is 0 Å². The minimum absolute atomic E-state index is 0.0220. The molecule has 0 aliphatic carbocycles. The van der Waals surface area contributed by atoms with Gasteiger partial charge in [-0.2, -0.15) is 0 Å². The Morgan fingerprint density at radius 1 is 0.806 bits per heavy atom. The van der Waals surface area contributed by atoms with Gasteiger partial charge >= 0.3 is 5.97 Å². The predicted octanol–water partition coefficient (Wildman–Crippen LogP) is -0.0664. The molecule has 1 aromatic rings. The highest BCUT2D eigenvalue weighted by Gasteiger charge is 2.30. The maximum Gasteiger partial charge on any atom is 0.322 e. The number of carboxylic acids is 1. The summed E-state index contributed by atoms with van der Waals surface area (Å²) >= 11 is 0. The van der Waals surface area contributed by atoms with Crippen molar-refractivity contribution in [3.05, 3.63) is 35.9 Å². The SMILES string of the molecule is CC(C)C[C@H](NC(=O)[C@H](Cc1ccccc1)NC(=O)[C@@H](N)C(C)C)C(=O)N[C@@H](C)C(=O)NCC(=O)O. The summed E-state index contributed by atoms with van der Waals surface area (Å²) in [7, 11) is 0. The Morgan fingerprint density at radius 3 is 1.89 bits per heavy atom. The number of carbonyl (C=O) groups is 5. The van der Waals surface area contributed by atoms with Crippen LogP contribution >= 0.6 is 0 Å². The van der Waals surface area contributed by atoms with Crippen LogP contribution in [0.15, 0.2) is 30.3 Å². The third kappa shape index (κ3) is 10.9. The molecule has 7 N–H and O–H groups in total. The van der Waals surface area contributed by atoms with Gasteiger partial charge in [-0.3, -0.25) is 24.0 Å². The van der Waals surface area contributed by atoms with Crippen molar-refractivity contribution in [2.45, 2.75) is 71.6 Å². The standard InChI is InChI=1S/C25H39N5O6/c1-14(2)11-18(23(34)28-16(5)22(33)27-13-20(31)32)29-24(35)19(12-17-9-7-6-8-10-17)30-25(36)21(26)15(3)4/h6-10,14-16,18-19,21H,11-13,26H2,1-5H3,(H,27,33)(H,28,34)(H,29,35)(H,30,36)(H,31,32)/t16-,18-,19-,21-/m0/s1. The van der Waals surface area contributed by atoms with Gasteiger partial charge in [-0.1, -0.05) is 58.0 Å². The van der Waals surface area contributed by atoms with Crippen molar-refractivity contribution < 1.29 is 29.1 Å². The van der Waals surface area contributed by atoms with Crippen LogP contribution in [-0.2, 0) is 30.4 Å². The molecule has 1 rings (SSSR count). The molecule has 36 heavy (non-hydrogen) atoms. The zero-order valence-electron chi connectivity index (χ0n) is 21.5. The van der Waals surface area contributed by atoms with E-state index in [0.717, 1.165) is 5.56 Å². The first kappa shape index (κ1) is 30.6. The van der Waals surface area contributed by atoms with Gasteiger partial charge in [0.25, 0.3) is 0 Å². The fourth-order valence-corrected chi connectivity index (χ4v) is 3.30. The molecular weight excluding hydrogens is 466 g/mol. The molecule has 0 aliphatic rings. The summed E-state index contributed by atoms with van der Waals surface area (Å²) in [6, 6.07) is 5.32. The Kier molecular flexibility index (Phi) is 12.6. The van der Waals surface area contributed by atoms with Gasteiger partial charge in [-0.25, -0.2) is 0 Å². The quantitative estimate of drug-likeness (QED) is 0.205. The number of nitrogens with two attached hydrogens (primary N) is 1. The summed E-state index contributed by atoms with van der Waals surface area (Å²) in [6.07, 6.45) is 0.464. The molecule has 0 unspecified atom stereocenters.